The maximum atomic E-state index is 13.7. The van der Waals surface area contributed by atoms with Gasteiger partial charge < -0.3 is 15.5 Å². The molecule has 0 spiro atoms. The molecule has 19 heavy (non-hydrogen) atoms. The van der Waals surface area contributed by atoms with Gasteiger partial charge in [-0.05, 0) is 36.4 Å². The Kier molecular flexibility index (Phi) is 2.87. The van der Waals surface area contributed by atoms with E-state index >= 15 is 0 Å². The topological polar surface area (TPSA) is 64.1 Å². The van der Waals surface area contributed by atoms with Crippen molar-refractivity contribution >= 4 is 44.4 Å². The van der Waals surface area contributed by atoms with Crippen LogP contribution in [0.1, 0.15) is 0 Å². The number of aromatic nitrogens is 1. The molecule has 2 aromatic carbocycles. The summed E-state index contributed by atoms with van der Waals surface area (Å²) in [5.41, 5.74) is 7.77. The second-order valence-corrected chi connectivity index (χ2v) is 4.91. The van der Waals surface area contributed by atoms with Crippen molar-refractivity contribution in [3.8, 4) is 0 Å². The largest absolute Gasteiger partial charge is 0.423 e. The molecule has 0 aliphatic heterocycles. The quantitative estimate of drug-likeness (QED) is 0.699. The highest BCUT2D eigenvalue weighted by molar-refractivity contribution is 9.10. The van der Waals surface area contributed by atoms with Crippen LogP contribution in [0.2, 0.25) is 0 Å². The van der Waals surface area contributed by atoms with Gasteiger partial charge in [-0.1, -0.05) is 15.9 Å². The highest BCUT2D eigenvalue weighted by Gasteiger charge is 2.09. The number of nitrogens with one attached hydrogen (secondary N) is 1. The zero-order chi connectivity index (χ0) is 13.4. The molecule has 1 aromatic heterocycles. The molecular weight excluding hydrogens is 313 g/mol. The monoisotopic (exact) mass is 321 g/mol. The molecule has 0 aliphatic rings. The Morgan fingerprint density at radius 1 is 1.21 bits per heavy atom. The first-order chi connectivity index (χ1) is 9.11. The molecule has 96 valence electrons. The number of nitrogen functional groups attached to an aromatic ring is 1. The maximum absolute atomic E-state index is 13.7. The van der Waals surface area contributed by atoms with E-state index in [9.17, 15) is 4.39 Å². The van der Waals surface area contributed by atoms with Crippen molar-refractivity contribution in [2.24, 2.45) is 0 Å². The Morgan fingerprint density at radius 2 is 2.05 bits per heavy atom. The number of hydrogen-bond donors (Lipinski definition) is 2. The minimum Gasteiger partial charge on any atom is -0.423 e. The lowest BCUT2D eigenvalue weighted by atomic mass is 10.3. The number of halogens is 2. The van der Waals surface area contributed by atoms with Gasteiger partial charge in [0.2, 0.25) is 0 Å². The molecule has 0 radical (unpaired) electrons. The lowest BCUT2D eigenvalue weighted by Crippen LogP contribution is -1.93. The number of anilines is 3. The van der Waals surface area contributed by atoms with Crippen LogP contribution in [0.15, 0.2) is 45.3 Å². The molecule has 0 saturated carbocycles. The van der Waals surface area contributed by atoms with E-state index in [0.717, 1.165) is 0 Å². The minimum atomic E-state index is -0.392. The van der Waals surface area contributed by atoms with E-state index in [1.54, 1.807) is 30.3 Å². The standard InChI is InChI=1S/C13H9BrFN3O/c14-7-1-3-10(9(15)5-7)17-13-18-11-6-8(16)2-4-12(11)19-13/h1-6H,16H2,(H,17,18). The first-order valence-corrected chi connectivity index (χ1v) is 6.29. The third kappa shape index (κ3) is 2.39. The van der Waals surface area contributed by atoms with Crippen LogP contribution in [0.25, 0.3) is 11.1 Å². The fourth-order valence-electron chi connectivity index (χ4n) is 1.70. The third-order valence-corrected chi connectivity index (χ3v) is 3.08. The molecule has 0 aliphatic carbocycles. The summed E-state index contributed by atoms with van der Waals surface area (Å²) in [5.74, 6) is -0.392. The Morgan fingerprint density at radius 3 is 2.84 bits per heavy atom. The van der Waals surface area contributed by atoms with Gasteiger partial charge in [0, 0.05) is 10.2 Å². The number of fused-ring (bicyclic) bond motifs is 1. The molecular formula is C13H9BrFN3O. The highest BCUT2D eigenvalue weighted by Crippen LogP contribution is 2.26. The molecule has 0 amide bonds. The summed E-state index contributed by atoms with van der Waals surface area (Å²) in [7, 11) is 0. The number of rotatable bonds is 2. The van der Waals surface area contributed by atoms with Crippen LogP contribution in [-0.4, -0.2) is 4.98 Å². The molecule has 3 aromatic rings. The number of benzene rings is 2. The summed E-state index contributed by atoms with van der Waals surface area (Å²) >= 11 is 3.20. The summed E-state index contributed by atoms with van der Waals surface area (Å²) in [5, 5.41) is 2.79. The second-order valence-electron chi connectivity index (χ2n) is 4.00. The van der Waals surface area contributed by atoms with E-state index in [1.807, 2.05) is 0 Å². The van der Waals surface area contributed by atoms with Crippen molar-refractivity contribution in [2.45, 2.75) is 0 Å². The van der Waals surface area contributed by atoms with Crippen molar-refractivity contribution in [3.05, 3.63) is 46.7 Å². The number of hydrogen-bond acceptors (Lipinski definition) is 4. The SMILES string of the molecule is Nc1ccc2oc(Nc3ccc(Br)cc3F)nc2c1. The molecule has 3 N–H and O–H groups in total. The predicted octanol–water partition coefficient (Wildman–Crippen LogP) is 4.06. The molecule has 0 unspecified atom stereocenters. The average molecular weight is 322 g/mol. The van der Waals surface area contributed by atoms with Crippen molar-refractivity contribution in [1.29, 1.82) is 0 Å². The molecule has 0 bridgehead atoms. The number of oxazole rings is 1. The zero-order valence-electron chi connectivity index (χ0n) is 9.65. The summed E-state index contributed by atoms with van der Waals surface area (Å²) in [4.78, 5) is 4.20. The lowest BCUT2D eigenvalue weighted by molar-refractivity contribution is 0.611. The Bertz CT molecular complexity index is 757. The zero-order valence-corrected chi connectivity index (χ0v) is 11.2. The van der Waals surface area contributed by atoms with Gasteiger partial charge >= 0.3 is 0 Å². The predicted molar refractivity (Wildman–Crippen MR) is 75.8 cm³/mol. The van der Waals surface area contributed by atoms with Crippen LogP contribution in [0.3, 0.4) is 0 Å². The molecule has 0 atom stereocenters. The van der Waals surface area contributed by atoms with E-state index in [0.29, 0.717) is 26.9 Å². The van der Waals surface area contributed by atoms with E-state index in [1.165, 1.54) is 6.07 Å². The average Bonchev–Trinajstić information content (AvgIpc) is 2.74. The molecule has 6 heteroatoms. The van der Waals surface area contributed by atoms with Crippen LogP contribution in [-0.2, 0) is 0 Å². The van der Waals surface area contributed by atoms with Gasteiger partial charge in [0.25, 0.3) is 6.01 Å². The molecule has 3 rings (SSSR count). The van der Waals surface area contributed by atoms with E-state index in [4.69, 9.17) is 10.2 Å². The fraction of sp³-hybridized carbons (Fsp3) is 0. The second kappa shape index (κ2) is 4.55. The Balaban J connectivity index is 1.96. The summed E-state index contributed by atoms with van der Waals surface area (Å²) in [6.07, 6.45) is 0. The van der Waals surface area contributed by atoms with Crippen LogP contribution in [0.5, 0.6) is 0 Å². The third-order valence-electron chi connectivity index (χ3n) is 2.58. The normalized spacial score (nSPS) is 10.8. The highest BCUT2D eigenvalue weighted by atomic mass is 79.9. The van der Waals surface area contributed by atoms with Gasteiger partial charge in [-0.15, -0.1) is 0 Å². The van der Waals surface area contributed by atoms with Gasteiger partial charge in [0.15, 0.2) is 5.58 Å². The van der Waals surface area contributed by atoms with Gasteiger partial charge in [0.05, 0.1) is 5.69 Å². The van der Waals surface area contributed by atoms with Gasteiger partial charge in [0.1, 0.15) is 11.3 Å². The van der Waals surface area contributed by atoms with Gasteiger partial charge in [-0.2, -0.15) is 4.98 Å². The molecule has 4 nitrogen and oxygen atoms in total. The van der Waals surface area contributed by atoms with Crippen LogP contribution in [0, 0.1) is 5.82 Å². The maximum Gasteiger partial charge on any atom is 0.300 e. The Labute approximate surface area is 116 Å². The smallest absolute Gasteiger partial charge is 0.300 e. The van der Waals surface area contributed by atoms with Crippen molar-refractivity contribution in [2.75, 3.05) is 11.1 Å². The van der Waals surface area contributed by atoms with Crippen molar-refractivity contribution in [3.63, 3.8) is 0 Å². The molecule has 1 heterocycles. The molecule has 0 saturated heterocycles. The first-order valence-electron chi connectivity index (χ1n) is 5.50. The number of nitrogens with two attached hydrogens (primary N) is 1. The summed E-state index contributed by atoms with van der Waals surface area (Å²) < 4.78 is 19.8. The fourth-order valence-corrected chi connectivity index (χ4v) is 2.04. The molecule has 0 fully saturated rings. The minimum absolute atomic E-state index is 0.224. The number of nitrogens with zero attached hydrogens (tertiary/aromatic N) is 1. The van der Waals surface area contributed by atoms with E-state index in [-0.39, 0.29) is 6.01 Å². The van der Waals surface area contributed by atoms with Crippen LogP contribution in [0.4, 0.5) is 21.8 Å². The Hall–Kier alpha value is -2.08. The summed E-state index contributed by atoms with van der Waals surface area (Å²) in [6.45, 7) is 0. The van der Waals surface area contributed by atoms with Crippen molar-refractivity contribution < 1.29 is 8.81 Å². The lowest BCUT2D eigenvalue weighted by Gasteiger charge is -2.02. The van der Waals surface area contributed by atoms with Gasteiger partial charge in [-0.25, -0.2) is 4.39 Å². The van der Waals surface area contributed by atoms with Crippen molar-refractivity contribution in [1.82, 2.24) is 4.98 Å². The van der Waals surface area contributed by atoms with E-state index < -0.39 is 5.82 Å². The first kappa shape index (κ1) is 12.0. The summed E-state index contributed by atoms with van der Waals surface area (Å²) in [6, 6.07) is 10.1. The van der Waals surface area contributed by atoms with Crippen LogP contribution >= 0.6 is 15.9 Å². The van der Waals surface area contributed by atoms with E-state index in [2.05, 4.69) is 26.2 Å². The van der Waals surface area contributed by atoms with Gasteiger partial charge in [-0.3, -0.25) is 0 Å². The van der Waals surface area contributed by atoms with Crippen LogP contribution < -0.4 is 11.1 Å².